The Kier molecular flexibility index (Phi) is 15.2. The number of pyridine rings is 1. The Bertz CT molecular complexity index is 1440. The number of carboxylic acids is 3. The van der Waals surface area contributed by atoms with Crippen LogP contribution >= 0.6 is 11.3 Å². The quantitative estimate of drug-likeness (QED) is 0.256. The number of carbonyl (C=O) groups is 3. The Morgan fingerprint density at radius 1 is 0.800 bits per heavy atom. The fourth-order valence-electron chi connectivity index (χ4n) is 4.66. The molecule has 276 valence electrons. The number of hydrogen-bond acceptors (Lipinski definition) is 8. The lowest BCUT2D eigenvalue weighted by Crippen LogP contribution is -2.58. The Morgan fingerprint density at radius 2 is 1.34 bits per heavy atom. The van der Waals surface area contributed by atoms with E-state index in [0.29, 0.717) is 0 Å². The van der Waals surface area contributed by atoms with E-state index < -0.39 is 36.4 Å². The fraction of sp³-hybridized carbons (Fsp3) is 0.400. The number of benzene rings is 1. The third kappa shape index (κ3) is 13.9. The molecular formula is C30H30F9N3O7S. The molecule has 4 heterocycles. The summed E-state index contributed by atoms with van der Waals surface area (Å²) in [6.07, 6.45) is -12.1. The zero-order valence-electron chi connectivity index (χ0n) is 25.6. The van der Waals surface area contributed by atoms with Gasteiger partial charge < -0.3 is 20.1 Å². The number of halogens is 9. The molecule has 2 atom stereocenters. The van der Waals surface area contributed by atoms with Crippen molar-refractivity contribution >= 4 is 29.2 Å². The van der Waals surface area contributed by atoms with Gasteiger partial charge >= 0.3 is 36.4 Å². The van der Waals surface area contributed by atoms with E-state index in [1.807, 2.05) is 23.6 Å². The highest BCUT2D eigenvalue weighted by Crippen LogP contribution is 2.38. The van der Waals surface area contributed by atoms with E-state index in [9.17, 15) is 39.5 Å². The van der Waals surface area contributed by atoms with Crippen molar-refractivity contribution in [1.82, 2.24) is 14.8 Å². The lowest BCUT2D eigenvalue weighted by molar-refractivity contribution is -0.193. The van der Waals surface area contributed by atoms with Gasteiger partial charge in [0.1, 0.15) is 0 Å². The van der Waals surface area contributed by atoms with Crippen molar-refractivity contribution < 1.29 is 74.0 Å². The molecule has 2 aliphatic rings. The number of alkyl halides is 9. The minimum atomic E-state index is -5.08. The van der Waals surface area contributed by atoms with Crippen LogP contribution in [0.2, 0.25) is 0 Å². The SMILES string of the molecule is O=C(O)C(F)(F)F.O=C(O)C(F)(F)F.O=C(O)C(F)(F)F.c1ccc(C2CN(Cc3ccccn3)C3(CCN(Cc4cccs4)C3)CO2)cc1. The van der Waals surface area contributed by atoms with E-state index in [1.54, 1.807) is 0 Å². The topological polar surface area (TPSA) is 140 Å². The van der Waals surface area contributed by atoms with Gasteiger partial charge in [0.05, 0.1) is 23.9 Å². The first-order valence-electron chi connectivity index (χ1n) is 14.1. The number of ether oxygens (including phenoxy) is 1. The zero-order chi connectivity index (χ0) is 37.8. The lowest BCUT2D eigenvalue weighted by atomic mass is 9.92. The molecule has 0 radical (unpaired) electrons. The summed E-state index contributed by atoms with van der Waals surface area (Å²) in [5.41, 5.74) is 2.47. The van der Waals surface area contributed by atoms with Gasteiger partial charge in [-0.2, -0.15) is 39.5 Å². The van der Waals surface area contributed by atoms with Gasteiger partial charge in [-0.1, -0.05) is 42.5 Å². The van der Waals surface area contributed by atoms with Crippen molar-refractivity contribution in [3.05, 3.63) is 88.4 Å². The molecule has 1 spiro atoms. The Labute approximate surface area is 282 Å². The van der Waals surface area contributed by atoms with Crippen molar-refractivity contribution in [1.29, 1.82) is 0 Å². The molecule has 0 saturated carbocycles. The number of thiophene rings is 1. The van der Waals surface area contributed by atoms with E-state index in [0.717, 1.165) is 51.4 Å². The number of likely N-dealkylation sites (tertiary alicyclic amines) is 1. The first-order chi connectivity index (χ1) is 23.1. The Balaban J connectivity index is 0.000000338. The van der Waals surface area contributed by atoms with Crippen molar-refractivity contribution in [2.75, 3.05) is 26.2 Å². The average Bonchev–Trinajstić information content (AvgIpc) is 3.69. The van der Waals surface area contributed by atoms with E-state index in [2.05, 4.69) is 74.8 Å². The summed E-state index contributed by atoms with van der Waals surface area (Å²) in [6.45, 7) is 5.78. The van der Waals surface area contributed by atoms with Crippen LogP contribution in [0.4, 0.5) is 39.5 Å². The van der Waals surface area contributed by atoms with E-state index in [-0.39, 0.29) is 11.6 Å². The molecule has 2 unspecified atom stereocenters. The molecule has 0 aliphatic carbocycles. The second-order valence-electron chi connectivity index (χ2n) is 10.6. The molecule has 10 nitrogen and oxygen atoms in total. The van der Waals surface area contributed by atoms with Gasteiger partial charge in [-0.3, -0.25) is 14.8 Å². The van der Waals surface area contributed by atoms with Gasteiger partial charge in [0.15, 0.2) is 0 Å². The molecule has 2 fully saturated rings. The fourth-order valence-corrected chi connectivity index (χ4v) is 5.40. The summed E-state index contributed by atoms with van der Waals surface area (Å²) in [4.78, 5) is 38.0. The maximum absolute atomic E-state index is 10.6. The minimum Gasteiger partial charge on any atom is -0.475 e. The third-order valence-electron chi connectivity index (χ3n) is 6.96. The summed E-state index contributed by atoms with van der Waals surface area (Å²) in [7, 11) is 0. The van der Waals surface area contributed by atoms with Crippen molar-refractivity contribution in [2.24, 2.45) is 0 Å². The molecule has 0 bridgehead atoms. The molecule has 2 saturated heterocycles. The summed E-state index contributed by atoms with van der Waals surface area (Å²) in [5.74, 6) is -8.27. The maximum atomic E-state index is 10.6. The number of hydrogen-bond donors (Lipinski definition) is 3. The molecule has 1 aromatic carbocycles. The van der Waals surface area contributed by atoms with Gasteiger partial charge in [0.25, 0.3) is 0 Å². The van der Waals surface area contributed by atoms with Crippen LogP contribution in [0.25, 0.3) is 0 Å². The van der Waals surface area contributed by atoms with Crippen molar-refractivity contribution in [2.45, 2.75) is 49.7 Å². The maximum Gasteiger partial charge on any atom is 0.490 e. The summed E-state index contributed by atoms with van der Waals surface area (Å²) in [5, 5.41) is 23.5. The van der Waals surface area contributed by atoms with Gasteiger partial charge in [0, 0.05) is 43.8 Å². The van der Waals surface area contributed by atoms with Crippen LogP contribution in [0.1, 0.15) is 28.7 Å². The van der Waals surface area contributed by atoms with E-state index in [4.69, 9.17) is 34.4 Å². The average molecular weight is 748 g/mol. The van der Waals surface area contributed by atoms with Gasteiger partial charge in [0.2, 0.25) is 0 Å². The van der Waals surface area contributed by atoms with Crippen LogP contribution < -0.4 is 0 Å². The summed E-state index contributed by atoms with van der Waals surface area (Å²) < 4.78 is 102. The largest absolute Gasteiger partial charge is 0.490 e. The standard InChI is InChI=1S/C24H27N3OS.3C2HF3O2/c1-2-7-20(8-3-1)23-17-27(15-21-9-4-5-12-25-21)24(19-28-23)11-13-26(18-24)16-22-10-6-14-29-22;3*3-2(4,5)1(6)7/h1-10,12,14,23H,11,13,15-19H2;3*(H,6,7). The van der Waals surface area contributed by atoms with Crippen LogP contribution in [-0.4, -0.2) is 98.3 Å². The molecule has 2 aromatic heterocycles. The van der Waals surface area contributed by atoms with Crippen LogP contribution in [0.3, 0.4) is 0 Å². The second-order valence-corrected chi connectivity index (χ2v) is 11.6. The summed E-state index contributed by atoms with van der Waals surface area (Å²) >= 11 is 1.85. The van der Waals surface area contributed by atoms with Crippen LogP contribution in [0.15, 0.2) is 72.2 Å². The lowest BCUT2D eigenvalue weighted by Gasteiger charge is -2.47. The molecule has 20 heteroatoms. The van der Waals surface area contributed by atoms with Crippen LogP contribution in [0, 0.1) is 0 Å². The highest BCUT2D eigenvalue weighted by atomic mass is 32.1. The van der Waals surface area contributed by atoms with Crippen LogP contribution in [0.5, 0.6) is 0 Å². The molecule has 2 aliphatic heterocycles. The van der Waals surface area contributed by atoms with Crippen molar-refractivity contribution in [3.63, 3.8) is 0 Å². The van der Waals surface area contributed by atoms with Gasteiger partial charge in [-0.25, -0.2) is 14.4 Å². The summed E-state index contributed by atoms with van der Waals surface area (Å²) in [6, 6.07) is 21.2. The van der Waals surface area contributed by atoms with E-state index >= 15 is 0 Å². The Morgan fingerprint density at radius 3 is 1.80 bits per heavy atom. The molecule has 3 N–H and O–H groups in total. The number of rotatable bonds is 5. The number of carboxylic acid groups (broad SMARTS) is 3. The highest BCUT2D eigenvalue weighted by molar-refractivity contribution is 7.09. The number of morpholine rings is 1. The van der Waals surface area contributed by atoms with Crippen molar-refractivity contribution in [3.8, 4) is 0 Å². The predicted octanol–water partition coefficient (Wildman–Crippen LogP) is 6.26. The smallest absolute Gasteiger partial charge is 0.475 e. The molecule has 5 rings (SSSR count). The number of aliphatic carboxylic acids is 3. The Hall–Kier alpha value is -4.27. The predicted molar refractivity (Wildman–Crippen MR) is 158 cm³/mol. The number of nitrogens with zero attached hydrogens (tertiary/aromatic N) is 3. The molecule has 0 amide bonds. The highest BCUT2D eigenvalue weighted by Gasteiger charge is 2.47. The number of aromatic nitrogens is 1. The molecule has 50 heavy (non-hydrogen) atoms. The first kappa shape index (κ1) is 41.9. The molecule has 3 aromatic rings. The molecular weight excluding hydrogens is 717 g/mol. The van der Waals surface area contributed by atoms with Gasteiger partial charge in [-0.15, -0.1) is 11.3 Å². The first-order valence-corrected chi connectivity index (χ1v) is 15.0. The minimum absolute atomic E-state index is 0.0695. The zero-order valence-corrected chi connectivity index (χ0v) is 26.4. The monoisotopic (exact) mass is 747 g/mol. The normalized spacial score (nSPS) is 19.6. The third-order valence-corrected chi connectivity index (χ3v) is 7.82. The second kappa shape index (κ2) is 18.1. The van der Waals surface area contributed by atoms with Gasteiger partial charge in [-0.05, 0) is 35.6 Å². The van der Waals surface area contributed by atoms with E-state index in [1.165, 1.54) is 10.4 Å². The van der Waals surface area contributed by atoms with Crippen LogP contribution in [-0.2, 0) is 32.2 Å².